The second-order valence-corrected chi connectivity index (χ2v) is 6.23. The summed E-state index contributed by atoms with van der Waals surface area (Å²) in [5.74, 6) is 0.851. The highest BCUT2D eigenvalue weighted by Gasteiger charge is 2.33. The molecule has 1 fully saturated rings. The molecule has 0 spiro atoms. The molecule has 1 saturated heterocycles. The maximum atomic E-state index is 12.8. The fourth-order valence-electron chi connectivity index (χ4n) is 2.38. The Hall–Kier alpha value is -1.80. The molecule has 0 radical (unpaired) electrons. The van der Waals surface area contributed by atoms with Gasteiger partial charge < -0.3 is 14.1 Å². The number of rotatable bonds is 4. The Morgan fingerprint density at radius 3 is 3.09 bits per heavy atom. The van der Waals surface area contributed by atoms with Gasteiger partial charge in [-0.25, -0.2) is 4.98 Å². The molecule has 2 aromatic heterocycles. The third-order valence-electron chi connectivity index (χ3n) is 3.44. The van der Waals surface area contributed by atoms with Crippen molar-refractivity contribution in [2.75, 3.05) is 19.8 Å². The first-order valence-corrected chi connectivity index (χ1v) is 8.14. The van der Waals surface area contributed by atoms with E-state index in [1.165, 1.54) is 11.3 Å². The number of carbonyl (C=O) groups is 1. The highest BCUT2D eigenvalue weighted by atomic mass is 32.1. The van der Waals surface area contributed by atoms with Crippen molar-refractivity contribution < 1.29 is 13.9 Å². The molecular formula is C14H18N4O3S. The van der Waals surface area contributed by atoms with Crippen LogP contribution in [0, 0.1) is 6.92 Å². The van der Waals surface area contributed by atoms with Crippen LogP contribution >= 0.6 is 11.3 Å². The molecule has 118 valence electrons. The molecule has 1 atom stereocenters. The minimum absolute atomic E-state index is 0.0518. The lowest BCUT2D eigenvalue weighted by Gasteiger charge is -2.32. The standard InChI is InChI=1S/C14H18N4O3S/c1-3-4-12-15-7-11(22-12)14(19)18-5-6-20-8-10(18)13-17-16-9(2)21-13/h7,10H,3-6,8H2,1-2H3/t10-/m0/s1. The molecule has 1 aliphatic heterocycles. The summed E-state index contributed by atoms with van der Waals surface area (Å²) in [4.78, 5) is 19.5. The SMILES string of the molecule is CCCc1ncc(C(=O)N2CCOC[C@H]2c2nnc(C)o2)s1. The van der Waals surface area contributed by atoms with E-state index in [9.17, 15) is 4.79 Å². The zero-order chi connectivity index (χ0) is 15.5. The quantitative estimate of drug-likeness (QED) is 0.856. The third-order valence-corrected chi connectivity index (χ3v) is 4.49. The first-order valence-electron chi connectivity index (χ1n) is 7.32. The van der Waals surface area contributed by atoms with E-state index in [2.05, 4.69) is 22.1 Å². The van der Waals surface area contributed by atoms with Crippen LogP contribution in [-0.4, -0.2) is 45.7 Å². The molecule has 1 aliphatic rings. The molecule has 3 rings (SSSR count). The fraction of sp³-hybridized carbons (Fsp3) is 0.571. The maximum Gasteiger partial charge on any atom is 0.266 e. The molecule has 8 heteroatoms. The molecule has 3 heterocycles. The largest absolute Gasteiger partial charge is 0.423 e. The second-order valence-electron chi connectivity index (χ2n) is 5.12. The Kier molecular flexibility index (Phi) is 4.49. The van der Waals surface area contributed by atoms with Crippen molar-refractivity contribution in [2.45, 2.75) is 32.7 Å². The highest BCUT2D eigenvalue weighted by molar-refractivity contribution is 7.13. The first kappa shape index (κ1) is 15.1. The van der Waals surface area contributed by atoms with Gasteiger partial charge in [-0.2, -0.15) is 0 Å². The zero-order valence-corrected chi connectivity index (χ0v) is 13.4. The summed E-state index contributed by atoms with van der Waals surface area (Å²) in [5, 5.41) is 8.85. The molecule has 0 bridgehead atoms. The van der Waals surface area contributed by atoms with E-state index in [0.717, 1.165) is 17.8 Å². The monoisotopic (exact) mass is 322 g/mol. The first-order chi connectivity index (χ1) is 10.7. The van der Waals surface area contributed by atoms with Crippen molar-refractivity contribution in [1.29, 1.82) is 0 Å². The van der Waals surface area contributed by atoms with Crippen LogP contribution in [-0.2, 0) is 11.2 Å². The number of aromatic nitrogens is 3. The van der Waals surface area contributed by atoms with E-state index in [0.29, 0.717) is 36.4 Å². The molecule has 0 aliphatic carbocycles. The molecule has 1 amide bonds. The topological polar surface area (TPSA) is 81.4 Å². The van der Waals surface area contributed by atoms with E-state index in [1.54, 1.807) is 18.0 Å². The van der Waals surface area contributed by atoms with Crippen LogP contribution in [0.3, 0.4) is 0 Å². The number of thiazole rings is 1. The Morgan fingerprint density at radius 1 is 1.50 bits per heavy atom. The number of nitrogens with zero attached hydrogens (tertiary/aromatic N) is 4. The predicted octanol–water partition coefficient (Wildman–Crippen LogP) is 2.00. The molecular weight excluding hydrogens is 304 g/mol. The summed E-state index contributed by atoms with van der Waals surface area (Å²) in [6, 6.07) is -0.334. The van der Waals surface area contributed by atoms with Gasteiger partial charge in [0.15, 0.2) is 0 Å². The van der Waals surface area contributed by atoms with Gasteiger partial charge in [-0.05, 0) is 12.8 Å². The number of hydrogen-bond acceptors (Lipinski definition) is 7. The van der Waals surface area contributed by atoms with Gasteiger partial charge in [0, 0.05) is 13.5 Å². The van der Waals surface area contributed by atoms with Gasteiger partial charge in [-0.3, -0.25) is 4.79 Å². The van der Waals surface area contributed by atoms with Gasteiger partial charge in [0.25, 0.3) is 5.91 Å². The molecule has 0 saturated carbocycles. The molecule has 0 unspecified atom stereocenters. The van der Waals surface area contributed by atoms with Gasteiger partial charge >= 0.3 is 0 Å². The average molecular weight is 322 g/mol. The van der Waals surface area contributed by atoms with Crippen LogP contribution in [0.25, 0.3) is 0 Å². The van der Waals surface area contributed by atoms with Crippen LogP contribution < -0.4 is 0 Å². The van der Waals surface area contributed by atoms with Crippen LogP contribution in [0.2, 0.25) is 0 Å². The lowest BCUT2D eigenvalue weighted by atomic mass is 10.2. The molecule has 0 N–H and O–H groups in total. The maximum absolute atomic E-state index is 12.8. The predicted molar refractivity (Wildman–Crippen MR) is 79.7 cm³/mol. The third kappa shape index (κ3) is 3.02. The Balaban J connectivity index is 1.81. The average Bonchev–Trinajstić information content (AvgIpc) is 3.16. The van der Waals surface area contributed by atoms with Gasteiger partial charge in [0.1, 0.15) is 10.9 Å². The number of carbonyl (C=O) groups excluding carboxylic acids is 1. The highest BCUT2D eigenvalue weighted by Crippen LogP contribution is 2.27. The summed E-state index contributed by atoms with van der Waals surface area (Å²) < 4.78 is 10.9. The normalized spacial score (nSPS) is 18.6. The van der Waals surface area contributed by atoms with E-state index in [-0.39, 0.29) is 11.9 Å². The molecule has 0 aromatic carbocycles. The minimum Gasteiger partial charge on any atom is -0.423 e. The number of ether oxygens (including phenoxy) is 1. The van der Waals surface area contributed by atoms with Crippen molar-refractivity contribution >= 4 is 17.2 Å². The summed E-state index contributed by atoms with van der Waals surface area (Å²) >= 11 is 1.45. The van der Waals surface area contributed by atoms with Gasteiger partial charge in [-0.15, -0.1) is 21.5 Å². The van der Waals surface area contributed by atoms with Gasteiger partial charge in [-0.1, -0.05) is 6.92 Å². The van der Waals surface area contributed by atoms with Crippen molar-refractivity contribution in [1.82, 2.24) is 20.1 Å². The molecule has 7 nitrogen and oxygen atoms in total. The summed E-state index contributed by atoms with van der Waals surface area (Å²) in [6.07, 6.45) is 3.57. The zero-order valence-electron chi connectivity index (χ0n) is 12.6. The van der Waals surface area contributed by atoms with Crippen LogP contribution in [0.5, 0.6) is 0 Å². The number of amides is 1. The van der Waals surface area contributed by atoms with Crippen LogP contribution in [0.1, 0.15) is 45.8 Å². The van der Waals surface area contributed by atoms with Crippen molar-refractivity contribution in [3.63, 3.8) is 0 Å². The van der Waals surface area contributed by atoms with Crippen LogP contribution in [0.4, 0.5) is 0 Å². The summed E-state index contributed by atoms with van der Waals surface area (Å²) in [7, 11) is 0. The smallest absolute Gasteiger partial charge is 0.266 e. The van der Waals surface area contributed by atoms with Crippen LogP contribution in [0.15, 0.2) is 10.6 Å². The second kappa shape index (κ2) is 6.53. The number of aryl methyl sites for hydroxylation is 2. The molecule has 2 aromatic rings. The molecule has 22 heavy (non-hydrogen) atoms. The van der Waals surface area contributed by atoms with E-state index < -0.39 is 0 Å². The lowest BCUT2D eigenvalue weighted by Crippen LogP contribution is -2.43. The minimum atomic E-state index is -0.334. The van der Waals surface area contributed by atoms with E-state index in [4.69, 9.17) is 9.15 Å². The van der Waals surface area contributed by atoms with Gasteiger partial charge in [0.2, 0.25) is 11.8 Å². The number of hydrogen-bond donors (Lipinski definition) is 0. The Morgan fingerprint density at radius 2 is 2.36 bits per heavy atom. The summed E-state index contributed by atoms with van der Waals surface area (Å²) in [6.45, 7) is 5.21. The lowest BCUT2D eigenvalue weighted by molar-refractivity contribution is -0.0104. The van der Waals surface area contributed by atoms with Gasteiger partial charge in [0.05, 0.1) is 24.4 Å². The summed E-state index contributed by atoms with van der Waals surface area (Å²) in [5.41, 5.74) is 0. The van der Waals surface area contributed by atoms with Crippen molar-refractivity contribution in [2.24, 2.45) is 0 Å². The Labute approximate surface area is 132 Å². The number of morpholine rings is 1. The van der Waals surface area contributed by atoms with E-state index in [1.807, 2.05) is 0 Å². The van der Waals surface area contributed by atoms with Crippen molar-refractivity contribution in [3.8, 4) is 0 Å². The Bertz CT molecular complexity index is 654. The van der Waals surface area contributed by atoms with Crippen molar-refractivity contribution in [3.05, 3.63) is 27.9 Å². The van der Waals surface area contributed by atoms with E-state index >= 15 is 0 Å². The fourth-order valence-corrected chi connectivity index (χ4v) is 3.35.